The highest BCUT2D eigenvalue weighted by Gasteiger charge is 2.10. The van der Waals surface area contributed by atoms with Crippen LogP contribution >= 0.6 is 23.2 Å². The van der Waals surface area contributed by atoms with Gasteiger partial charge in [0.05, 0.1) is 10.9 Å². The zero-order valence-electron chi connectivity index (χ0n) is 6.31. The summed E-state index contributed by atoms with van der Waals surface area (Å²) in [4.78, 5) is 3.57. The van der Waals surface area contributed by atoms with Crippen molar-refractivity contribution in [2.75, 3.05) is 0 Å². The topological polar surface area (TPSA) is 22.1 Å². The normalized spacial score (nSPS) is 10.5. The number of rotatable bonds is 3. The van der Waals surface area contributed by atoms with Gasteiger partial charge in [-0.15, -0.1) is 11.6 Å². The molecular weight excluding hydrogens is 223 g/mol. The van der Waals surface area contributed by atoms with E-state index in [-0.39, 0.29) is 11.8 Å². The molecule has 0 radical (unpaired) electrons. The van der Waals surface area contributed by atoms with Gasteiger partial charge < -0.3 is 4.74 Å². The summed E-state index contributed by atoms with van der Waals surface area (Å²) in [5.41, 5.74) is 0.342. The summed E-state index contributed by atoms with van der Waals surface area (Å²) in [5, 5.41) is 0.331. The van der Waals surface area contributed by atoms with Gasteiger partial charge in [0.1, 0.15) is 0 Å². The van der Waals surface area contributed by atoms with Crippen LogP contribution in [0.4, 0.5) is 8.78 Å². The molecule has 0 N–H and O–H groups in total. The molecule has 1 aromatic heterocycles. The van der Waals surface area contributed by atoms with E-state index in [4.69, 9.17) is 23.2 Å². The van der Waals surface area contributed by atoms with Crippen molar-refractivity contribution >= 4 is 23.2 Å². The van der Waals surface area contributed by atoms with Crippen LogP contribution in [0.15, 0.2) is 12.3 Å². The molecule has 0 amide bonds. The van der Waals surface area contributed by atoms with Crippen LogP contribution in [0.3, 0.4) is 0 Å². The van der Waals surface area contributed by atoms with Crippen LogP contribution in [0.2, 0.25) is 5.02 Å². The first-order valence-electron chi connectivity index (χ1n) is 3.28. The highest BCUT2D eigenvalue weighted by Crippen LogP contribution is 2.22. The summed E-state index contributed by atoms with van der Waals surface area (Å²) in [5.74, 6) is -0.162. The van der Waals surface area contributed by atoms with Gasteiger partial charge in [-0.3, -0.25) is 0 Å². The number of alkyl halides is 3. The van der Waals surface area contributed by atoms with Crippen LogP contribution in [-0.4, -0.2) is 11.6 Å². The van der Waals surface area contributed by atoms with Gasteiger partial charge >= 0.3 is 6.61 Å². The summed E-state index contributed by atoms with van der Waals surface area (Å²) in [6.45, 7) is -2.91. The quantitative estimate of drug-likeness (QED) is 0.741. The number of hydrogen-bond acceptors (Lipinski definition) is 2. The van der Waals surface area contributed by atoms with Gasteiger partial charge in [-0.2, -0.15) is 8.78 Å². The summed E-state index contributed by atoms with van der Waals surface area (Å²) >= 11 is 11.0. The second-order valence-electron chi connectivity index (χ2n) is 2.13. The Morgan fingerprint density at radius 1 is 1.54 bits per heavy atom. The first-order chi connectivity index (χ1) is 6.13. The second-order valence-corrected chi connectivity index (χ2v) is 2.83. The van der Waals surface area contributed by atoms with Crippen LogP contribution in [0, 0.1) is 0 Å². The van der Waals surface area contributed by atoms with Crippen molar-refractivity contribution in [2.24, 2.45) is 0 Å². The fourth-order valence-electron chi connectivity index (χ4n) is 0.755. The summed E-state index contributed by atoms with van der Waals surface area (Å²) < 4.78 is 27.7. The molecule has 2 nitrogen and oxygen atoms in total. The smallest absolute Gasteiger partial charge is 0.388 e. The molecule has 0 bridgehead atoms. The minimum atomic E-state index is -2.91. The number of hydrogen-bond donors (Lipinski definition) is 0. The van der Waals surface area contributed by atoms with Gasteiger partial charge in [0, 0.05) is 11.8 Å². The van der Waals surface area contributed by atoms with Gasteiger partial charge in [-0.1, -0.05) is 11.6 Å². The Morgan fingerprint density at radius 3 is 2.77 bits per heavy atom. The molecule has 1 heterocycles. The fourth-order valence-corrected chi connectivity index (χ4v) is 1.13. The summed E-state index contributed by atoms with van der Waals surface area (Å²) in [6, 6.07) is 1.43. The van der Waals surface area contributed by atoms with E-state index < -0.39 is 6.61 Å². The van der Waals surface area contributed by atoms with Crippen LogP contribution < -0.4 is 4.74 Å². The van der Waals surface area contributed by atoms with Crippen molar-refractivity contribution in [1.29, 1.82) is 0 Å². The molecule has 0 unspecified atom stereocenters. The standard InChI is InChI=1S/C7H5Cl2F2NO/c8-2-4-1-5(9)3-12-6(4)13-7(10)11/h1,3,7H,2H2. The molecule has 0 spiro atoms. The van der Waals surface area contributed by atoms with Gasteiger partial charge in [0.25, 0.3) is 0 Å². The molecule has 0 fully saturated rings. The molecule has 6 heteroatoms. The molecule has 0 aromatic carbocycles. The molecule has 0 atom stereocenters. The Kier molecular flexibility index (Phi) is 3.69. The SMILES string of the molecule is FC(F)Oc1ncc(Cl)cc1CCl. The van der Waals surface area contributed by atoms with Crippen molar-refractivity contribution in [3.8, 4) is 5.88 Å². The molecule has 0 aliphatic rings. The maximum absolute atomic E-state index is 11.8. The van der Waals surface area contributed by atoms with Crippen molar-refractivity contribution in [1.82, 2.24) is 4.98 Å². The molecule has 0 saturated heterocycles. The predicted octanol–water partition coefficient (Wildman–Crippen LogP) is 3.08. The molecule has 1 aromatic rings. The van der Waals surface area contributed by atoms with Gasteiger partial charge in [-0.25, -0.2) is 4.98 Å². The molecule has 72 valence electrons. The van der Waals surface area contributed by atoms with Crippen LogP contribution in [0.5, 0.6) is 5.88 Å². The van der Waals surface area contributed by atoms with E-state index in [0.717, 1.165) is 0 Å². The van der Waals surface area contributed by atoms with Crippen LogP contribution in [0.25, 0.3) is 0 Å². The maximum atomic E-state index is 11.8. The van der Waals surface area contributed by atoms with Crippen molar-refractivity contribution in [3.63, 3.8) is 0 Å². The zero-order chi connectivity index (χ0) is 9.84. The third-order valence-electron chi connectivity index (χ3n) is 1.24. The number of pyridine rings is 1. The molecule has 13 heavy (non-hydrogen) atoms. The Hall–Kier alpha value is -0.610. The largest absolute Gasteiger partial charge is 0.417 e. The van der Waals surface area contributed by atoms with E-state index in [1.807, 2.05) is 0 Å². The lowest BCUT2D eigenvalue weighted by molar-refractivity contribution is -0.0533. The first kappa shape index (κ1) is 10.5. The van der Waals surface area contributed by atoms with E-state index in [0.29, 0.717) is 10.6 Å². The lowest BCUT2D eigenvalue weighted by atomic mass is 10.3. The van der Waals surface area contributed by atoms with Gasteiger partial charge in [0.2, 0.25) is 5.88 Å². The van der Waals surface area contributed by atoms with E-state index in [1.54, 1.807) is 0 Å². The fraction of sp³-hybridized carbons (Fsp3) is 0.286. The Balaban J connectivity index is 2.92. The monoisotopic (exact) mass is 227 g/mol. The molecule has 0 aliphatic carbocycles. The maximum Gasteiger partial charge on any atom is 0.388 e. The second kappa shape index (κ2) is 4.58. The Bertz CT molecular complexity index is 296. The average Bonchev–Trinajstić information content (AvgIpc) is 2.07. The molecular formula is C7H5Cl2F2NO. The summed E-state index contributed by atoms with van der Waals surface area (Å²) in [7, 11) is 0. The molecule has 0 saturated carbocycles. The zero-order valence-corrected chi connectivity index (χ0v) is 7.82. The minimum Gasteiger partial charge on any atom is -0.417 e. The van der Waals surface area contributed by atoms with Gasteiger partial charge in [0.15, 0.2) is 0 Å². The Labute approximate surface area is 83.4 Å². The number of ether oxygens (including phenoxy) is 1. The average molecular weight is 228 g/mol. The number of nitrogens with zero attached hydrogens (tertiary/aromatic N) is 1. The van der Waals surface area contributed by atoms with E-state index in [9.17, 15) is 8.78 Å². The third kappa shape index (κ3) is 2.97. The van der Waals surface area contributed by atoms with Crippen LogP contribution in [0.1, 0.15) is 5.56 Å². The van der Waals surface area contributed by atoms with Crippen molar-refractivity contribution < 1.29 is 13.5 Å². The highest BCUT2D eigenvalue weighted by molar-refractivity contribution is 6.30. The first-order valence-corrected chi connectivity index (χ1v) is 4.20. The number of aromatic nitrogens is 1. The summed E-state index contributed by atoms with van der Waals surface area (Å²) in [6.07, 6.45) is 1.22. The Morgan fingerprint density at radius 2 is 2.23 bits per heavy atom. The van der Waals surface area contributed by atoms with Crippen molar-refractivity contribution in [3.05, 3.63) is 22.8 Å². The van der Waals surface area contributed by atoms with E-state index in [2.05, 4.69) is 9.72 Å². The van der Waals surface area contributed by atoms with E-state index in [1.165, 1.54) is 12.3 Å². The molecule has 0 aliphatic heterocycles. The third-order valence-corrected chi connectivity index (χ3v) is 1.73. The predicted molar refractivity (Wildman–Crippen MR) is 45.4 cm³/mol. The minimum absolute atomic E-state index is 0.0234. The highest BCUT2D eigenvalue weighted by atomic mass is 35.5. The number of halogens is 4. The van der Waals surface area contributed by atoms with Crippen LogP contribution in [-0.2, 0) is 5.88 Å². The van der Waals surface area contributed by atoms with E-state index >= 15 is 0 Å². The van der Waals surface area contributed by atoms with Gasteiger partial charge in [-0.05, 0) is 6.07 Å². The lowest BCUT2D eigenvalue weighted by Gasteiger charge is -2.06. The lowest BCUT2D eigenvalue weighted by Crippen LogP contribution is -2.05. The van der Waals surface area contributed by atoms with Crippen molar-refractivity contribution in [2.45, 2.75) is 12.5 Å². The molecule has 1 rings (SSSR count).